The number of aromatic hydroxyl groups is 1. The van der Waals surface area contributed by atoms with E-state index in [0.29, 0.717) is 18.8 Å². The third-order valence-corrected chi connectivity index (χ3v) is 8.67. The molecule has 4 atom stereocenters. The summed E-state index contributed by atoms with van der Waals surface area (Å²) >= 11 is 0. The third kappa shape index (κ3) is 4.85. The molecule has 0 bridgehead atoms. The highest BCUT2D eigenvalue weighted by Crippen LogP contribution is 2.52. The van der Waals surface area contributed by atoms with Crippen molar-refractivity contribution >= 4 is 29.3 Å². The van der Waals surface area contributed by atoms with Gasteiger partial charge in [-0.3, -0.25) is 19.7 Å². The zero-order valence-corrected chi connectivity index (χ0v) is 23.6. The summed E-state index contributed by atoms with van der Waals surface area (Å²) in [5, 5.41) is 21.4. The summed E-state index contributed by atoms with van der Waals surface area (Å²) in [4.78, 5) is 39.3. The molecular formula is C32H36N2O6. The number of nitro benzene ring substituents is 1. The van der Waals surface area contributed by atoms with E-state index in [4.69, 9.17) is 4.74 Å². The van der Waals surface area contributed by atoms with Crippen molar-refractivity contribution in [3.63, 3.8) is 0 Å². The first-order valence-electron chi connectivity index (χ1n) is 13.9. The van der Waals surface area contributed by atoms with Crippen LogP contribution in [-0.2, 0) is 14.3 Å². The van der Waals surface area contributed by atoms with Crippen molar-refractivity contribution in [3.8, 4) is 5.75 Å². The largest absolute Gasteiger partial charge is 0.507 e. The Balaban J connectivity index is 1.38. The number of non-ortho nitro benzene ring substituents is 1. The number of nitro groups is 1. The molecule has 40 heavy (non-hydrogen) atoms. The van der Waals surface area contributed by atoms with E-state index in [9.17, 15) is 24.8 Å². The summed E-state index contributed by atoms with van der Waals surface area (Å²) < 4.78 is 6.33. The standard InChI is InChI=1S/C32H36N2O6/c1-17(2)24-15-25-29(32(37)33(31(25)36)22-7-6-8-23(14-22)34(38)39)26-16-40-27(28(24)26)10-9-18(3)11-21-12-19(4)30(35)20(5)13-21/h6-8,11-14,17,25-27,29,35H,9-10,15-16H2,1-5H3/b18-11+/t25-,26+,27-,29-/m1/s1. The number of phenolic OH excluding ortho intramolecular Hbond substituents is 1. The van der Waals surface area contributed by atoms with Crippen LogP contribution >= 0.6 is 0 Å². The number of phenols is 1. The molecule has 0 radical (unpaired) electrons. The fourth-order valence-corrected chi connectivity index (χ4v) is 6.75. The van der Waals surface area contributed by atoms with E-state index in [1.165, 1.54) is 34.9 Å². The average molecular weight is 545 g/mol. The Bertz CT molecular complexity index is 1430. The number of imide groups is 1. The highest BCUT2D eigenvalue weighted by molar-refractivity contribution is 6.22. The first-order valence-corrected chi connectivity index (χ1v) is 13.9. The summed E-state index contributed by atoms with van der Waals surface area (Å²) in [6.45, 7) is 10.5. The van der Waals surface area contributed by atoms with E-state index >= 15 is 0 Å². The Morgan fingerprint density at radius 3 is 2.50 bits per heavy atom. The molecule has 5 rings (SSSR count). The minimum Gasteiger partial charge on any atom is -0.507 e. The number of ether oxygens (including phenoxy) is 1. The lowest BCUT2D eigenvalue weighted by atomic mass is 9.67. The number of aryl methyl sites for hydroxylation is 2. The predicted octanol–water partition coefficient (Wildman–Crippen LogP) is 6.28. The van der Waals surface area contributed by atoms with Gasteiger partial charge in [-0.2, -0.15) is 0 Å². The molecule has 2 fully saturated rings. The maximum atomic E-state index is 13.7. The second-order valence-corrected chi connectivity index (χ2v) is 11.7. The maximum absolute atomic E-state index is 13.7. The molecule has 0 unspecified atom stereocenters. The summed E-state index contributed by atoms with van der Waals surface area (Å²) in [5.41, 5.74) is 6.40. The number of hydrogen-bond donors (Lipinski definition) is 1. The van der Waals surface area contributed by atoms with Crippen LogP contribution in [0.25, 0.3) is 6.08 Å². The Labute approximate surface area is 234 Å². The molecule has 2 heterocycles. The van der Waals surface area contributed by atoms with Crippen molar-refractivity contribution in [1.29, 1.82) is 0 Å². The zero-order chi connectivity index (χ0) is 28.9. The number of amides is 2. The monoisotopic (exact) mass is 544 g/mol. The number of carbonyl (C=O) groups is 2. The average Bonchev–Trinajstić information content (AvgIpc) is 3.43. The van der Waals surface area contributed by atoms with E-state index < -0.39 is 16.8 Å². The van der Waals surface area contributed by atoms with Gasteiger partial charge in [0.15, 0.2) is 0 Å². The van der Waals surface area contributed by atoms with Crippen molar-refractivity contribution in [3.05, 3.63) is 79.9 Å². The van der Waals surface area contributed by atoms with E-state index in [1.807, 2.05) is 26.0 Å². The van der Waals surface area contributed by atoms with Gasteiger partial charge in [-0.25, -0.2) is 4.90 Å². The molecule has 8 nitrogen and oxygen atoms in total. The summed E-state index contributed by atoms with van der Waals surface area (Å²) in [6.07, 6.45) is 4.10. The van der Waals surface area contributed by atoms with Crippen LogP contribution in [0.2, 0.25) is 0 Å². The molecule has 0 spiro atoms. The fourth-order valence-electron chi connectivity index (χ4n) is 6.75. The van der Waals surface area contributed by atoms with Gasteiger partial charge in [0.05, 0.1) is 35.2 Å². The Hall–Kier alpha value is -3.78. The molecule has 1 aliphatic carbocycles. The number of benzene rings is 2. The molecule has 2 saturated heterocycles. The molecular weight excluding hydrogens is 508 g/mol. The second kappa shape index (κ2) is 10.7. The van der Waals surface area contributed by atoms with Gasteiger partial charge < -0.3 is 9.84 Å². The lowest BCUT2D eigenvalue weighted by molar-refractivity contribution is -0.384. The van der Waals surface area contributed by atoms with Gasteiger partial charge in [0.1, 0.15) is 5.75 Å². The zero-order valence-electron chi connectivity index (χ0n) is 23.6. The van der Waals surface area contributed by atoms with E-state index in [1.54, 1.807) is 6.07 Å². The van der Waals surface area contributed by atoms with Crippen LogP contribution in [0.3, 0.4) is 0 Å². The molecule has 3 aliphatic rings. The second-order valence-electron chi connectivity index (χ2n) is 11.7. The van der Waals surface area contributed by atoms with Gasteiger partial charge in [-0.05, 0) is 86.4 Å². The minimum absolute atomic E-state index is 0.121. The summed E-state index contributed by atoms with van der Waals surface area (Å²) in [7, 11) is 0. The number of rotatable bonds is 7. The van der Waals surface area contributed by atoms with E-state index in [0.717, 1.165) is 34.4 Å². The molecule has 2 amide bonds. The molecule has 2 aliphatic heterocycles. The van der Waals surface area contributed by atoms with Gasteiger partial charge in [-0.15, -0.1) is 0 Å². The third-order valence-electron chi connectivity index (χ3n) is 8.67. The number of nitrogens with zero attached hydrogens (tertiary/aromatic N) is 2. The Morgan fingerprint density at radius 2 is 1.85 bits per heavy atom. The molecule has 2 aromatic rings. The van der Waals surface area contributed by atoms with Crippen molar-refractivity contribution < 1.29 is 24.4 Å². The Kier molecular flexibility index (Phi) is 7.40. The minimum atomic E-state index is -0.520. The Morgan fingerprint density at radius 1 is 1.15 bits per heavy atom. The molecule has 210 valence electrons. The highest BCUT2D eigenvalue weighted by Gasteiger charge is 2.57. The van der Waals surface area contributed by atoms with Crippen LogP contribution in [0.1, 0.15) is 56.7 Å². The van der Waals surface area contributed by atoms with E-state index in [-0.39, 0.29) is 41.1 Å². The van der Waals surface area contributed by atoms with Crippen LogP contribution < -0.4 is 4.90 Å². The van der Waals surface area contributed by atoms with Crippen LogP contribution in [0.5, 0.6) is 5.75 Å². The number of anilines is 1. The normalized spacial score (nSPS) is 24.6. The first-order chi connectivity index (χ1) is 19.0. The van der Waals surface area contributed by atoms with Gasteiger partial charge in [0, 0.05) is 18.1 Å². The number of carbonyl (C=O) groups excluding carboxylic acids is 2. The van der Waals surface area contributed by atoms with Crippen molar-refractivity contribution in [2.24, 2.45) is 23.7 Å². The first kappa shape index (κ1) is 27.8. The lowest BCUT2D eigenvalue weighted by Crippen LogP contribution is -2.35. The SMILES string of the molecule is C/C(=C\c1cc(C)c(O)c(C)c1)CC[C@H]1OC[C@H]2C1=C(C(C)C)C[C@H]1C(=O)N(c3cccc([N+](=O)[O-])c3)C(=O)[C@H]12. The van der Waals surface area contributed by atoms with Gasteiger partial charge in [-0.1, -0.05) is 37.1 Å². The van der Waals surface area contributed by atoms with Crippen molar-refractivity contribution in [2.45, 2.75) is 60.0 Å². The topological polar surface area (TPSA) is 110 Å². The van der Waals surface area contributed by atoms with E-state index in [2.05, 4.69) is 26.8 Å². The molecule has 0 saturated carbocycles. The molecule has 0 aromatic heterocycles. The van der Waals surface area contributed by atoms with Crippen LogP contribution in [0, 0.1) is 47.6 Å². The molecule has 2 aromatic carbocycles. The summed E-state index contributed by atoms with van der Waals surface area (Å²) in [5.74, 6) is -1.22. The number of fused-ring (bicyclic) bond motifs is 3. The van der Waals surface area contributed by atoms with Crippen molar-refractivity contribution in [1.82, 2.24) is 0 Å². The molecule has 1 N–H and O–H groups in total. The predicted molar refractivity (Wildman–Crippen MR) is 153 cm³/mol. The highest BCUT2D eigenvalue weighted by atomic mass is 16.6. The molecule has 8 heteroatoms. The number of hydrogen-bond acceptors (Lipinski definition) is 6. The quantitative estimate of drug-likeness (QED) is 0.190. The maximum Gasteiger partial charge on any atom is 0.271 e. The van der Waals surface area contributed by atoms with Gasteiger partial charge in [0.25, 0.3) is 5.69 Å². The lowest BCUT2D eigenvalue weighted by Gasteiger charge is -2.33. The van der Waals surface area contributed by atoms with Gasteiger partial charge in [0.2, 0.25) is 11.8 Å². The van der Waals surface area contributed by atoms with Crippen LogP contribution in [-0.4, -0.2) is 34.6 Å². The number of allylic oxidation sites excluding steroid dienone is 2. The van der Waals surface area contributed by atoms with Crippen LogP contribution in [0.15, 0.2) is 53.1 Å². The fraction of sp³-hybridized carbons (Fsp3) is 0.438. The van der Waals surface area contributed by atoms with Gasteiger partial charge >= 0.3 is 0 Å². The van der Waals surface area contributed by atoms with Crippen LogP contribution in [0.4, 0.5) is 11.4 Å². The summed E-state index contributed by atoms with van der Waals surface area (Å²) in [6, 6.07) is 9.69. The van der Waals surface area contributed by atoms with Crippen molar-refractivity contribution in [2.75, 3.05) is 11.5 Å². The smallest absolute Gasteiger partial charge is 0.271 e.